The molecule has 2 heterocycles. The van der Waals surface area contributed by atoms with Crippen molar-refractivity contribution in [2.45, 2.75) is 25.4 Å². The second-order valence-corrected chi connectivity index (χ2v) is 4.39. The quantitative estimate of drug-likeness (QED) is 0.762. The standard InChI is InChI=1S/C11H14ClN3O2/c1-17-11(16)9-3-2-6-15(9)7-8-4-5-10(12)14-13-8/h4-5,9H,2-3,6-7H2,1H3. The molecule has 0 radical (unpaired) electrons. The Bertz CT molecular complexity index is 396. The van der Waals surface area contributed by atoms with Crippen molar-refractivity contribution in [3.8, 4) is 0 Å². The van der Waals surface area contributed by atoms with Crippen molar-refractivity contribution >= 4 is 17.6 Å². The summed E-state index contributed by atoms with van der Waals surface area (Å²) in [5.41, 5.74) is 0.810. The molecule has 5 nitrogen and oxygen atoms in total. The summed E-state index contributed by atoms with van der Waals surface area (Å²) in [5.74, 6) is -0.176. The van der Waals surface area contributed by atoms with Crippen LogP contribution in [0.3, 0.4) is 0 Å². The highest BCUT2D eigenvalue weighted by Crippen LogP contribution is 2.20. The van der Waals surface area contributed by atoms with Gasteiger partial charge in [0.1, 0.15) is 6.04 Å². The fraction of sp³-hybridized carbons (Fsp3) is 0.545. The lowest BCUT2D eigenvalue weighted by Crippen LogP contribution is -2.36. The lowest BCUT2D eigenvalue weighted by atomic mass is 10.2. The summed E-state index contributed by atoms with van der Waals surface area (Å²) in [6.07, 6.45) is 1.84. The van der Waals surface area contributed by atoms with Gasteiger partial charge in [0.2, 0.25) is 0 Å². The van der Waals surface area contributed by atoms with Crippen LogP contribution in [-0.4, -0.2) is 40.8 Å². The van der Waals surface area contributed by atoms with Crippen molar-refractivity contribution in [2.24, 2.45) is 0 Å². The first-order valence-electron chi connectivity index (χ1n) is 5.50. The maximum atomic E-state index is 11.5. The zero-order valence-electron chi connectivity index (χ0n) is 9.60. The fourth-order valence-corrected chi connectivity index (χ4v) is 2.16. The molecule has 0 N–H and O–H groups in total. The minimum atomic E-state index is -0.176. The van der Waals surface area contributed by atoms with Crippen LogP contribution in [0, 0.1) is 0 Å². The number of ether oxygens (including phenoxy) is 1. The number of halogens is 1. The van der Waals surface area contributed by atoms with Crippen LogP contribution in [-0.2, 0) is 16.1 Å². The third-order valence-electron chi connectivity index (χ3n) is 2.89. The van der Waals surface area contributed by atoms with Gasteiger partial charge in [0.15, 0.2) is 5.15 Å². The molecule has 1 aromatic heterocycles. The summed E-state index contributed by atoms with van der Waals surface area (Å²) in [7, 11) is 1.42. The van der Waals surface area contributed by atoms with Crippen molar-refractivity contribution in [1.29, 1.82) is 0 Å². The molecule has 1 atom stereocenters. The second-order valence-electron chi connectivity index (χ2n) is 4.00. The number of hydrogen-bond donors (Lipinski definition) is 0. The van der Waals surface area contributed by atoms with Crippen molar-refractivity contribution < 1.29 is 9.53 Å². The van der Waals surface area contributed by atoms with Crippen molar-refractivity contribution in [3.05, 3.63) is 23.0 Å². The van der Waals surface area contributed by atoms with Gasteiger partial charge in [-0.2, -0.15) is 5.10 Å². The molecule has 0 saturated carbocycles. The van der Waals surface area contributed by atoms with Crippen molar-refractivity contribution in [1.82, 2.24) is 15.1 Å². The summed E-state index contributed by atoms with van der Waals surface area (Å²) in [5, 5.41) is 8.14. The summed E-state index contributed by atoms with van der Waals surface area (Å²) in [6.45, 7) is 1.48. The molecule has 1 saturated heterocycles. The van der Waals surface area contributed by atoms with E-state index in [1.807, 2.05) is 6.07 Å². The molecule has 1 unspecified atom stereocenters. The van der Waals surface area contributed by atoms with Crippen LogP contribution < -0.4 is 0 Å². The summed E-state index contributed by atoms with van der Waals surface area (Å²) >= 11 is 5.67. The Morgan fingerprint density at radius 1 is 1.59 bits per heavy atom. The molecule has 6 heteroatoms. The smallest absolute Gasteiger partial charge is 0.323 e. The van der Waals surface area contributed by atoms with Crippen LogP contribution in [0.5, 0.6) is 0 Å². The number of hydrogen-bond acceptors (Lipinski definition) is 5. The van der Waals surface area contributed by atoms with E-state index in [0.29, 0.717) is 11.7 Å². The zero-order valence-corrected chi connectivity index (χ0v) is 10.4. The largest absolute Gasteiger partial charge is 0.468 e. The Balaban J connectivity index is 2.02. The molecule has 1 fully saturated rings. The molecule has 92 valence electrons. The van der Waals surface area contributed by atoms with E-state index in [1.165, 1.54) is 7.11 Å². The van der Waals surface area contributed by atoms with Crippen LogP contribution in [0.4, 0.5) is 0 Å². The highest BCUT2D eigenvalue weighted by Gasteiger charge is 2.31. The van der Waals surface area contributed by atoms with E-state index >= 15 is 0 Å². The average Bonchev–Trinajstić information content (AvgIpc) is 2.79. The Labute approximate surface area is 105 Å². The maximum absolute atomic E-state index is 11.5. The molecule has 17 heavy (non-hydrogen) atoms. The first-order valence-corrected chi connectivity index (χ1v) is 5.88. The van der Waals surface area contributed by atoms with E-state index in [1.54, 1.807) is 6.07 Å². The monoisotopic (exact) mass is 255 g/mol. The zero-order chi connectivity index (χ0) is 12.3. The van der Waals surface area contributed by atoms with Gasteiger partial charge in [0, 0.05) is 6.54 Å². The molecule has 1 aromatic rings. The van der Waals surface area contributed by atoms with E-state index in [4.69, 9.17) is 16.3 Å². The van der Waals surface area contributed by atoms with E-state index < -0.39 is 0 Å². The Morgan fingerprint density at radius 3 is 3.06 bits per heavy atom. The molecule has 1 aliphatic rings. The number of likely N-dealkylation sites (tertiary alicyclic amines) is 1. The van der Waals surface area contributed by atoms with Gasteiger partial charge in [-0.1, -0.05) is 11.6 Å². The second kappa shape index (κ2) is 5.42. The van der Waals surface area contributed by atoms with Crippen molar-refractivity contribution in [3.63, 3.8) is 0 Å². The van der Waals surface area contributed by atoms with E-state index in [9.17, 15) is 4.79 Å². The lowest BCUT2D eigenvalue weighted by molar-refractivity contribution is -0.146. The van der Waals surface area contributed by atoms with Gasteiger partial charge in [-0.15, -0.1) is 5.10 Å². The van der Waals surface area contributed by atoms with Gasteiger partial charge >= 0.3 is 5.97 Å². The van der Waals surface area contributed by atoms with Gasteiger partial charge in [-0.3, -0.25) is 9.69 Å². The molecular formula is C11H14ClN3O2. The summed E-state index contributed by atoms with van der Waals surface area (Å²) in [6, 6.07) is 3.37. The number of methoxy groups -OCH3 is 1. The third-order valence-corrected chi connectivity index (χ3v) is 3.09. The van der Waals surface area contributed by atoms with Gasteiger partial charge in [-0.05, 0) is 31.5 Å². The van der Waals surface area contributed by atoms with Crippen LogP contribution >= 0.6 is 11.6 Å². The van der Waals surface area contributed by atoms with Gasteiger partial charge in [0.25, 0.3) is 0 Å². The molecule has 2 rings (SSSR count). The van der Waals surface area contributed by atoms with E-state index in [2.05, 4.69) is 15.1 Å². The van der Waals surface area contributed by atoms with Crippen LogP contribution in [0.15, 0.2) is 12.1 Å². The summed E-state index contributed by atoms with van der Waals surface area (Å²) in [4.78, 5) is 13.6. The molecule has 0 spiro atoms. The lowest BCUT2D eigenvalue weighted by Gasteiger charge is -2.21. The Hall–Kier alpha value is -1.20. The topological polar surface area (TPSA) is 55.3 Å². The summed E-state index contributed by atoms with van der Waals surface area (Å²) < 4.78 is 4.78. The molecule has 0 bridgehead atoms. The maximum Gasteiger partial charge on any atom is 0.323 e. The highest BCUT2D eigenvalue weighted by molar-refractivity contribution is 6.29. The SMILES string of the molecule is COC(=O)C1CCCN1Cc1ccc(Cl)nn1. The number of carbonyl (C=O) groups excluding carboxylic acids is 1. The van der Waals surface area contributed by atoms with Crippen LogP contribution in [0.1, 0.15) is 18.5 Å². The molecular weight excluding hydrogens is 242 g/mol. The number of nitrogens with zero attached hydrogens (tertiary/aromatic N) is 3. The molecule has 0 aromatic carbocycles. The van der Waals surface area contributed by atoms with Crippen LogP contribution in [0.25, 0.3) is 0 Å². The third kappa shape index (κ3) is 2.92. The minimum Gasteiger partial charge on any atom is -0.468 e. The van der Waals surface area contributed by atoms with Gasteiger partial charge < -0.3 is 4.74 Å². The predicted molar refractivity (Wildman–Crippen MR) is 62.5 cm³/mol. The number of aromatic nitrogens is 2. The molecule has 1 aliphatic heterocycles. The number of carbonyl (C=O) groups is 1. The minimum absolute atomic E-state index is 0.155. The first-order chi connectivity index (χ1) is 8.20. The van der Waals surface area contributed by atoms with Gasteiger partial charge in [-0.25, -0.2) is 0 Å². The van der Waals surface area contributed by atoms with E-state index in [-0.39, 0.29) is 12.0 Å². The molecule has 0 aliphatic carbocycles. The number of esters is 1. The first kappa shape index (κ1) is 12.3. The van der Waals surface area contributed by atoms with Crippen LogP contribution in [0.2, 0.25) is 5.15 Å². The molecule has 0 amide bonds. The van der Waals surface area contributed by atoms with Gasteiger partial charge in [0.05, 0.1) is 12.8 Å². The average molecular weight is 256 g/mol. The Kier molecular flexibility index (Phi) is 3.91. The number of rotatable bonds is 3. The fourth-order valence-electron chi connectivity index (χ4n) is 2.05. The normalized spacial score (nSPS) is 20.5. The Morgan fingerprint density at radius 2 is 2.41 bits per heavy atom. The van der Waals surface area contributed by atoms with Crippen molar-refractivity contribution in [2.75, 3.05) is 13.7 Å². The predicted octanol–water partition coefficient (Wildman–Crippen LogP) is 1.27. The highest BCUT2D eigenvalue weighted by atomic mass is 35.5. The van der Waals surface area contributed by atoms with E-state index in [0.717, 1.165) is 25.1 Å².